The zero-order chi connectivity index (χ0) is 9.42. The van der Waals surface area contributed by atoms with Crippen LogP contribution in [-0.4, -0.2) is 5.78 Å². The first-order valence-electron chi connectivity index (χ1n) is 4.47. The van der Waals surface area contributed by atoms with Crippen molar-refractivity contribution in [2.75, 3.05) is 0 Å². The molecule has 0 amide bonds. The number of hydrogen-bond acceptors (Lipinski definition) is 2. The molecule has 1 nitrogen and oxygen atoms in total. The van der Waals surface area contributed by atoms with Gasteiger partial charge in [-0.1, -0.05) is 18.5 Å². The molecule has 0 spiro atoms. The van der Waals surface area contributed by atoms with E-state index in [0.717, 1.165) is 0 Å². The molecule has 1 unspecified atom stereocenters. The molecule has 0 saturated heterocycles. The first-order chi connectivity index (χ1) is 6.20. The number of rotatable bonds is 3. The lowest BCUT2D eigenvalue weighted by Crippen LogP contribution is -2.12. The lowest BCUT2D eigenvalue weighted by molar-refractivity contribution is 0.0917. The highest BCUT2D eigenvalue weighted by molar-refractivity contribution is 7.14. The van der Waals surface area contributed by atoms with Crippen LogP contribution in [0.2, 0.25) is 4.34 Å². The van der Waals surface area contributed by atoms with Gasteiger partial charge >= 0.3 is 0 Å². The maximum absolute atomic E-state index is 11.8. The normalized spacial score (nSPS) is 18.6. The number of Topliss-reactive ketones (excluding diaryl/α,β-unsaturated/α-hetero) is 1. The van der Waals surface area contributed by atoms with Crippen LogP contribution in [0.25, 0.3) is 0 Å². The van der Waals surface area contributed by atoms with Crippen molar-refractivity contribution in [2.45, 2.75) is 19.8 Å². The van der Waals surface area contributed by atoms with Crippen LogP contribution in [0.3, 0.4) is 0 Å². The van der Waals surface area contributed by atoms with Gasteiger partial charge in [-0.15, -0.1) is 11.3 Å². The summed E-state index contributed by atoms with van der Waals surface area (Å²) in [5, 5.41) is 1.87. The van der Waals surface area contributed by atoms with E-state index in [-0.39, 0.29) is 11.7 Å². The van der Waals surface area contributed by atoms with Gasteiger partial charge < -0.3 is 0 Å². The summed E-state index contributed by atoms with van der Waals surface area (Å²) in [5.41, 5.74) is 0.714. The van der Waals surface area contributed by atoms with Crippen molar-refractivity contribution in [3.05, 3.63) is 21.3 Å². The van der Waals surface area contributed by atoms with Crippen LogP contribution in [0.5, 0.6) is 0 Å². The van der Waals surface area contributed by atoms with Gasteiger partial charge in [0.25, 0.3) is 0 Å². The number of carbonyl (C=O) groups excluding carboxylic acids is 1. The Kier molecular flexibility index (Phi) is 2.43. The molecule has 0 aromatic carbocycles. The van der Waals surface area contributed by atoms with E-state index in [1.54, 1.807) is 0 Å². The second-order valence-electron chi connectivity index (χ2n) is 3.60. The Bertz CT molecular complexity index is 327. The quantitative estimate of drug-likeness (QED) is 0.703. The lowest BCUT2D eigenvalue weighted by atomic mass is 9.97. The number of carbonyl (C=O) groups is 1. The van der Waals surface area contributed by atoms with Crippen molar-refractivity contribution in [1.82, 2.24) is 0 Å². The molecule has 1 aromatic heterocycles. The fourth-order valence-electron chi connectivity index (χ4n) is 1.53. The Morgan fingerprint density at radius 1 is 1.69 bits per heavy atom. The predicted octanol–water partition coefficient (Wildman–Crippen LogP) is 3.63. The van der Waals surface area contributed by atoms with Crippen LogP contribution < -0.4 is 0 Å². The highest BCUT2D eigenvalue weighted by Gasteiger charge is 2.33. The molecular weight excluding hydrogens is 204 g/mol. The minimum absolute atomic E-state index is 0.159. The van der Waals surface area contributed by atoms with Crippen LogP contribution in [0.4, 0.5) is 0 Å². The van der Waals surface area contributed by atoms with E-state index in [1.807, 2.05) is 18.4 Å². The van der Waals surface area contributed by atoms with E-state index in [1.165, 1.54) is 24.2 Å². The molecular formula is C10H11ClOS. The summed E-state index contributed by atoms with van der Waals surface area (Å²) in [6, 6.07) is 1.83. The van der Waals surface area contributed by atoms with Crippen molar-refractivity contribution >= 4 is 28.7 Å². The fourth-order valence-corrected chi connectivity index (χ4v) is 2.46. The summed E-state index contributed by atoms with van der Waals surface area (Å²) < 4.78 is 0.637. The first kappa shape index (κ1) is 9.22. The van der Waals surface area contributed by atoms with Gasteiger partial charge in [0.2, 0.25) is 0 Å². The first-order valence-corrected chi connectivity index (χ1v) is 5.73. The second kappa shape index (κ2) is 3.43. The molecule has 0 bridgehead atoms. The summed E-state index contributed by atoms with van der Waals surface area (Å²) in [7, 11) is 0. The van der Waals surface area contributed by atoms with Crippen LogP contribution in [0, 0.1) is 11.8 Å². The molecule has 1 atom stereocenters. The van der Waals surface area contributed by atoms with Gasteiger partial charge in [-0.05, 0) is 30.2 Å². The summed E-state index contributed by atoms with van der Waals surface area (Å²) in [6.07, 6.45) is 2.41. The SMILES string of the molecule is CC(C(=O)c1ccsc1Cl)C1CC1. The Morgan fingerprint density at radius 2 is 2.38 bits per heavy atom. The van der Waals surface area contributed by atoms with E-state index < -0.39 is 0 Å². The van der Waals surface area contributed by atoms with Crippen molar-refractivity contribution in [3.8, 4) is 0 Å². The highest BCUT2D eigenvalue weighted by atomic mass is 35.5. The highest BCUT2D eigenvalue weighted by Crippen LogP contribution is 2.39. The van der Waals surface area contributed by atoms with Gasteiger partial charge in [-0.3, -0.25) is 4.79 Å². The van der Waals surface area contributed by atoms with Crippen LogP contribution in [0.15, 0.2) is 11.4 Å². The Labute approximate surface area is 86.7 Å². The number of hydrogen-bond donors (Lipinski definition) is 0. The van der Waals surface area contributed by atoms with E-state index in [9.17, 15) is 4.79 Å². The van der Waals surface area contributed by atoms with Crippen molar-refractivity contribution in [3.63, 3.8) is 0 Å². The van der Waals surface area contributed by atoms with Gasteiger partial charge in [0.15, 0.2) is 5.78 Å². The molecule has 1 saturated carbocycles. The molecule has 1 fully saturated rings. The monoisotopic (exact) mass is 214 g/mol. The smallest absolute Gasteiger partial charge is 0.168 e. The molecule has 1 aliphatic rings. The molecule has 3 heteroatoms. The third kappa shape index (κ3) is 1.79. The predicted molar refractivity (Wildman–Crippen MR) is 55.5 cm³/mol. The molecule has 1 heterocycles. The Hall–Kier alpha value is -0.340. The Balaban J connectivity index is 2.16. The maximum atomic E-state index is 11.8. The molecule has 1 aromatic rings. The fraction of sp³-hybridized carbons (Fsp3) is 0.500. The molecule has 2 rings (SSSR count). The topological polar surface area (TPSA) is 17.1 Å². The van der Waals surface area contributed by atoms with Crippen molar-refractivity contribution < 1.29 is 4.79 Å². The van der Waals surface area contributed by atoms with Crippen LogP contribution in [0.1, 0.15) is 30.1 Å². The molecule has 0 radical (unpaired) electrons. The van der Waals surface area contributed by atoms with E-state index in [0.29, 0.717) is 15.8 Å². The summed E-state index contributed by atoms with van der Waals surface area (Å²) in [5.74, 6) is 0.990. The van der Waals surface area contributed by atoms with Gasteiger partial charge in [-0.2, -0.15) is 0 Å². The van der Waals surface area contributed by atoms with Gasteiger partial charge in [0, 0.05) is 11.5 Å². The zero-order valence-corrected chi connectivity index (χ0v) is 8.99. The average Bonchev–Trinajstić information content (AvgIpc) is 2.87. The van der Waals surface area contributed by atoms with Crippen molar-refractivity contribution in [2.24, 2.45) is 11.8 Å². The lowest BCUT2D eigenvalue weighted by Gasteiger charge is -2.06. The minimum Gasteiger partial charge on any atom is -0.294 e. The Morgan fingerprint density at radius 3 is 2.85 bits per heavy atom. The molecule has 0 N–H and O–H groups in total. The van der Waals surface area contributed by atoms with Gasteiger partial charge in [0.1, 0.15) is 4.34 Å². The van der Waals surface area contributed by atoms with Gasteiger partial charge in [0.05, 0.1) is 0 Å². The number of halogens is 1. The third-order valence-corrected chi connectivity index (χ3v) is 3.80. The van der Waals surface area contributed by atoms with E-state index in [2.05, 4.69) is 0 Å². The van der Waals surface area contributed by atoms with Gasteiger partial charge in [-0.25, -0.2) is 0 Å². The second-order valence-corrected chi connectivity index (χ2v) is 5.12. The molecule has 70 valence electrons. The summed E-state index contributed by atoms with van der Waals surface area (Å²) in [6.45, 7) is 2.01. The summed E-state index contributed by atoms with van der Waals surface area (Å²) >= 11 is 7.33. The third-order valence-electron chi connectivity index (χ3n) is 2.63. The number of ketones is 1. The average molecular weight is 215 g/mol. The summed E-state index contributed by atoms with van der Waals surface area (Å²) in [4.78, 5) is 11.8. The zero-order valence-electron chi connectivity index (χ0n) is 7.42. The van der Waals surface area contributed by atoms with Crippen LogP contribution >= 0.6 is 22.9 Å². The number of thiophene rings is 1. The molecule has 0 aliphatic heterocycles. The molecule has 13 heavy (non-hydrogen) atoms. The van der Waals surface area contributed by atoms with Crippen molar-refractivity contribution in [1.29, 1.82) is 0 Å². The van der Waals surface area contributed by atoms with Crippen LogP contribution in [-0.2, 0) is 0 Å². The maximum Gasteiger partial charge on any atom is 0.168 e. The van der Waals surface area contributed by atoms with E-state index >= 15 is 0 Å². The largest absolute Gasteiger partial charge is 0.294 e. The minimum atomic E-state index is 0.159. The van der Waals surface area contributed by atoms with E-state index in [4.69, 9.17) is 11.6 Å². The standard InChI is InChI=1S/C10H11ClOS/c1-6(7-2-3-7)9(12)8-4-5-13-10(8)11/h4-7H,2-3H2,1H3. The molecule has 1 aliphatic carbocycles.